The molecule has 0 aliphatic carbocycles. The van der Waals surface area contributed by atoms with E-state index >= 15 is 0 Å². The largest absolute Gasteiger partial charge is 0.382 e. The Morgan fingerprint density at radius 1 is 1.38 bits per heavy atom. The zero-order valence-electron chi connectivity index (χ0n) is 5.51. The zero-order valence-corrected chi connectivity index (χ0v) is 5.51. The van der Waals surface area contributed by atoms with E-state index in [1.807, 2.05) is 6.92 Å². The minimum Gasteiger partial charge on any atom is -0.382 e. The van der Waals surface area contributed by atoms with Crippen LogP contribution in [0.25, 0.3) is 0 Å². The highest BCUT2D eigenvalue weighted by Crippen LogP contribution is 1.88. The Hall–Kier alpha value is -0.120. The first-order chi connectivity index (χ1) is 3.81. The summed E-state index contributed by atoms with van der Waals surface area (Å²) in [4.78, 5) is 9.03. The Balaban J connectivity index is 2.92. The van der Waals surface area contributed by atoms with Crippen molar-refractivity contribution in [1.82, 2.24) is 0 Å². The summed E-state index contributed by atoms with van der Waals surface area (Å²) in [5.41, 5.74) is 0. The molecule has 8 heavy (non-hydrogen) atoms. The lowest BCUT2D eigenvalue weighted by atomic mass is 10.4. The topological polar surface area (TPSA) is 27.7 Å². The average molecular weight is 120 g/mol. The van der Waals surface area contributed by atoms with Crippen molar-refractivity contribution in [2.75, 3.05) is 20.8 Å². The molecule has 1 unspecified atom stereocenters. The first kappa shape index (κ1) is 7.88. The molecule has 0 radical (unpaired) electrons. The molecule has 0 fully saturated rings. The van der Waals surface area contributed by atoms with Gasteiger partial charge in [-0.25, -0.2) is 9.78 Å². The van der Waals surface area contributed by atoms with E-state index in [0.717, 1.165) is 0 Å². The molecule has 50 valence electrons. The third-order valence-corrected chi connectivity index (χ3v) is 0.662. The van der Waals surface area contributed by atoms with Crippen molar-refractivity contribution in [3.63, 3.8) is 0 Å². The number of rotatable bonds is 4. The smallest absolute Gasteiger partial charge is 0.113 e. The van der Waals surface area contributed by atoms with Crippen molar-refractivity contribution >= 4 is 0 Å². The molecular formula is C5H12O3. The minimum atomic E-state index is 0.0185. The molecule has 0 rings (SSSR count). The van der Waals surface area contributed by atoms with Crippen molar-refractivity contribution in [1.29, 1.82) is 0 Å². The van der Waals surface area contributed by atoms with Crippen LogP contribution in [-0.4, -0.2) is 26.9 Å². The van der Waals surface area contributed by atoms with E-state index in [-0.39, 0.29) is 6.10 Å². The van der Waals surface area contributed by atoms with Crippen molar-refractivity contribution in [3.05, 3.63) is 0 Å². The Morgan fingerprint density at radius 2 is 2.00 bits per heavy atom. The average Bonchev–Trinajstić information content (AvgIpc) is 1.68. The summed E-state index contributed by atoms with van der Waals surface area (Å²) in [6.07, 6.45) is 0.0185. The first-order valence-electron chi connectivity index (χ1n) is 2.49. The summed E-state index contributed by atoms with van der Waals surface area (Å²) in [6, 6.07) is 0. The van der Waals surface area contributed by atoms with Crippen LogP contribution >= 0.6 is 0 Å². The van der Waals surface area contributed by atoms with Gasteiger partial charge in [-0.1, -0.05) is 0 Å². The van der Waals surface area contributed by atoms with Gasteiger partial charge in [-0.05, 0) is 6.92 Å². The van der Waals surface area contributed by atoms with Gasteiger partial charge >= 0.3 is 0 Å². The van der Waals surface area contributed by atoms with E-state index in [4.69, 9.17) is 4.74 Å². The summed E-state index contributed by atoms with van der Waals surface area (Å²) in [5, 5.41) is 0. The fourth-order valence-corrected chi connectivity index (χ4v) is 0.427. The molecule has 3 heteroatoms. The molecule has 0 aliphatic rings. The zero-order chi connectivity index (χ0) is 6.41. The molecule has 0 saturated carbocycles. The molecule has 0 bridgehead atoms. The number of hydrogen-bond donors (Lipinski definition) is 0. The standard InChI is InChI=1S/C5H12O3/c1-5(4-6-2)8-7-3/h5H,4H2,1-3H3. The van der Waals surface area contributed by atoms with E-state index in [1.165, 1.54) is 7.11 Å². The predicted molar refractivity (Wildman–Crippen MR) is 29.4 cm³/mol. The molecule has 0 aromatic heterocycles. The SMILES string of the molecule is COCC(C)OOC. The van der Waals surface area contributed by atoms with Gasteiger partial charge in [0, 0.05) is 7.11 Å². The maximum Gasteiger partial charge on any atom is 0.113 e. The van der Waals surface area contributed by atoms with Crippen LogP contribution in [0.4, 0.5) is 0 Å². The number of methoxy groups -OCH3 is 1. The summed E-state index contributed by atoms with van der Waals surface area (Å²) < 4.78 is 4.75. The van der Waals surface area contributed by atoms with Crippen LogP contribution < -0.4 is 0 Å². The monoisotopic (exact) mass is 120 g/mol. The number of hydrogen-bond acceptors (Lipinski definition) is 3. The van der Waals surface area contributed by atoms with Gasteiger partial charge in [0.2, 0.25) is 0 Å². The lowest BCUT2D eigenvalue weighted by Gasteiger charge is -2.06. The molecule has 0 amide bonds. The Kier molecular flexibility index (Phi) is 4.95. The van der Waals surface area contributed by atoms with Crippen molar-refractivity contribution in [3.8, 4) is 0 Å². The molecule has 0 heterocycles. The van der Waals surface area contributed by atoms with Gasteiger partial charge in [-0.15, -0.1) is 0 Å². The summed E-state index contributed by atoms with van der Waals surface area (Å²) in [5.74, 6) is 0. The molecule has 0 saturated heterocycles. The molecule has 0 N–H and O–H groups in total. The van der Waals surface area contributed by atoms with Crippen LogP contribution in [0.1, 0.15) is 6.92 Å². The third-order valence-electron chi connectivity index (χ3n) is 0.662. The predicted octanol–water partition coefficient (Wildman–Crippen LogP) is 0.599. The van der Waals surface area contributed by atoms with E-state index in [0.29, 0.717) is 6.61 Å². The minimum absolute atomic E-state index is 0.0185. The second-order valence-electron chi connectivity index (χ2n) is 1.53. The normalized spacial score (nSPS) is 13.9. The lowest BCUT2D eigenvalue weighted by Crippen LogP contribution is -2.13. The number of ether oxygens (including phenoxy) is 1. The first-order valence-corrected chi connectivity index (χ1v) is 2.49. The molecule has 0 aromatic rings. The van der Waals surface area contributed by atoms with Gasteiger partial charge in [0.05, 0.1) is 13.7 Å². The fraction of sp³-hybridized carbons (Fsp3) is 1.00. The van der Waals surface area contributed by atoms with E-state index in [9.17, 15) is 0 Å². The van der Waals surface area contributed by atoms with Crippen molar-refractivity contribution in [2.24, 2.45) is 0 Å². The molecular weight excluding hydrogens is 108 g/mol. The van der Waals surface area contributed by atoms with Crippen molar-refractivity contribution < 1.29 is 14.5 Å². The Morgan fingerprint density at radius 3 is 2.38 bits per heavy atom. The molecule has 0 spiro atoms. The summed E-state index contributed by atoms with van der Waals surface area (Å²) in [6.45, 7) is 2.43. The second-order valence-corrected chi connectivity index (χ2v) is 1.53. The van der Waals surface area contributed by atoms with E-state index in [1.54, 1.807) is 7.11 Å². The Bertz CT molecular complexity index is 40.9. The summed E-state index contributed by atoms with van der Waals surface area (Å²) in [7, 11) is 3.10. The fourth-order valence-electron chi connectivity index (χ4n) is 0.427. The van der Waals surface area contributed by atoms with Crippen LogP contribution in [0.2, 0.25) is 0 Å². The van der Waals surface area contributed by atoms with Gasteiger partial charge in [0.15, 0.2) is 0 Å². The molecule has 1 atom stereocenters. The highest BCUT2D eigenvalue weighted by molar-refractivity contribution is 4.39. The van der Waals surface area contributed by atoms with Crippen LogP contribution in [0.15, 0.2) is 0 Å². The molecule has 3 nitrogen and oxygen atoms in total. The van der Waals surface area contributed by atoms with Gasteiger partial charge in [0.1, 0.15) is 6.10 Å². The summed E-state index contributed by atoms with van der Waals surface area (Å²) >= 11 is 0. The third kappa shape index (κ3) is 4.05. The van der Waals surface area contributed by atoms with E-state index < -0.39 is 0 Å². The highest BCUT2D eigenvalue weighted by Gasteiger charge is 1.98. The van der Waals surface area contributed by atoms with Gasteiger partial charge in [0.25, 0.3) is 0 Å². The van der Waals surface area contributed by atoms with Gasteiger partial charge < -0.3 is 4.74 Å². The van der Waals surface area contributed by atoms with Crippen LogP contribution in [0, 0.1) is 0 Å². The Labute approximate surface area is 49.5 Å². The maximum atomic E-state index is 4.75. The van der Waals surface area contributed by atoms with Crippen molar-refractivity contribution in [2.45, 2.75) is 13.0 Å². The molecule has 0 aromatic carbocycles. The van der Waals surface area contributed by atoms with Gasteiger partial charge in [-0.2, -0.15) is 0 Å². The van der Waals surface area contributed by atoms with Gasteiger partial charge in [-0.3, -0.25) is 0 Å². The van der Waals surface area contributed by atoms with Crippen LogP contribution in [0.5, 0.6) is 0 Å². The maximum absolute atomic E-state index is 4.75. The van der Waals surface area contributed by atoms with E-state index in [2.05, 4.69) is 9.78 Å². The van der Waals surface area contributed by atoms with Crippen LogP contribution in [0.3, 0.4) is 0 Å². The van der Waals surface area contributed by atoms with Crippen LogP contribution in [-0.2, 0) is 14.5 Å². The lowest BCUT2D eigenvalue weighted by molar-refractivity contribution is -0.306. The molecule has 0 aliphatic heterocycles. The highest BCUT2D eigenvalue weighted by atomic mass is 17.2. The second kappa shape index (κ2) is 5.03. The quantitative estimate of drug-likeness (QED) is 0.401.